The van der Waals surface area contributed by atoms with E-state index in [4.69, 9.17) is 14.7 Å². The van der Waals surface area contributed by atoms with Crippen LogP contribution in [0.25, 0.3) is 33.4 Å². The van der Waals surface area contributed by atoms with E-state index < -0.39 is 0 Å². The molecule has 0 radical (unpaired) electrons. The molecule has 34 heavy (non-hydrogen) atoms. The van der Waals surface area contributed by atoms with Crippen molar-refractivity contribution in [3.63, 3.8) is 0 Å². The summed E-state index contributed by atoms with van der Waals surface area (Å²) in [6.45, 7) is 4.48. The Balaban J connectivity index is 1.53. The van der Waals surface area contributed by atoms with Crippen LogP contribution >= 0.6 is 0 Å². The summed E-state index contributed by atoms with van der Waals surface area (Å²) in [4.78, 5) is 24.6. The van der Waals surface area contributed by atoms with Crippen molar-refractivity contribution in [2.75, 3.05) is 20.3 Å². The highest BCUT2D eigenvalue weighted by Crippen LogP contribution is 2.37. The molecule has 0 N–H and O–H groups in total. The summed E-state index contributed by atoms with van der Waals surface area (Å²) in [7, 11) is 3.78. The van der Waals surface area contributed by atoms with Gasteiger partial charge in [0.25, 0.3) is 0 Å². The zero-order valence-corrected chi connectivity index (χ0v) is 19.8. The molecule has 5 heterocycles. The number of carbonyl (C=O) groups is 1. The van der Waals surface area contributed by atoms with Crippen LogP contribution in [-0.2, 0) is 29.7 Å². The predicted octanol–water partition coefficient (Wildman–Crippen LogP) is 3.67. The lowest BCUT2D eigenvalue weighted by Crippen LogP contribution is -2.37. The van der Waals surface area contributed by atoms with Crippen LogP contribution in [0.15, 0.2) is 36.7 Å². The third kappa shape index (κ3) is 3.40. The van der Waals surface area contributed by atoms with E-state index in [0.29, 0.717) is 19.0 Å². The Bertz CT molecular complexity index is 1410. The molecule has 3 aromatic heterocycles. The Labute approximate surface area is 198 Å². The van der Waals surface area contributed by atoms with Gasteiger partial charge < -0.3 is 14.2 Å². The summed E-state index contributed by atoms with van der Waals surface area (Å²) in [5.41, 5.74) is 7.10. The first kappa shape index (κ1) is 21.0. The predicted molar refractivity (Wildman–Crippen MR) is 129 cm³/mol. The van der Waals surface area contributed by atoms with Crippen LogP contribution in [0.4, 0.5) is 0 Å². The lowest BCUT2D eigenvalue weighted by Gasteiger charge is -2.28. The second-order valence-electron chi connectivity index (χ2n) is 9.42. The zero-order chi connectivity index (χ0) is 23.4. The van der Waals surface area contributed by atoms with Crippen LogP contribution in [0, 0.1) is 6.92 Å². The number of aryl methyl sites for hydroxylation is 2. The highest BCUT2D eigenvalue weighted by atomic mass is 16.5. The number of amides is 1. The number of aromatic nitrogens is 5. The number of hydrogen-bond donors (Lipinski definition) is 0. The number of nitrogens with zero attached hydrogens (tertiary/aromatic N) is 6. The Morgan fingerprint density at radius 1 is 1.06 bits per heavy atom. The molecule has 0 bridgehead atoms. The van der Waals surface area contributed by atoms with E-state index in [2.05, 4.69) is 34.8 Å². The fourth-order valence-electron chi connectivity index (χ4n) is 5.23. The summed E-state index contributed by atoms with van der Waals surface area (Å²) >= 11 is 0. The molecule has 4 aromatic rings. The minimum atomic E-state index is 0.126. The van der Waals surface area contributed by atoms with Crippen molar-refractivity contribution in [1.82, 2.24) is 29.2 Å². The summed E-state index contributed by atoms with van der Waals surface area (Å²) < 4.78 is 9.55. The molecule has 1 amide bonds. The van der Waals surface area contributed by atoms with Crippen LogP contribution in [-0.4, -0.2) is 55.4 Å². The van der Waals surface area contributed by atoms with Gasteiger partial charge in [-0.05, 0) is 37.5 Å². The van der Waals surface area contributed by atoms with Gasteiger partial charge >= 0.3 is 0 Å². The summed E-state index contributed by atoms with van der Waals surface area (Å²) in [5.74, 6) is 1.45. The Morgan fingerprint density at radius 3 is 2.65 bits per heavy atom. The van der Waals surface area contributed by atoms with Crippen molar-refractivity contribution in [3.8, 4) is 22.5 Å². The van der Waals surface area contributed by atoms with Crippen LogP contribution in [0.5, 0.6) is 0 Å². The second kappa shape index (κ2) is 8.06. The fourth-order valence-corrected chi connectivity index (χ4v) is 5.23. The van der Waals surface area contributed by atoms with Gasteiger partial charge in [0.2, 0.25) is 5.91 Å². The molecule has 0 spiro atoms. The minimum Gasteiger partial charge on any atom is -0.381 e. The maximum atomic E-state index is 12.6. The van der Waals surface area contributed by atoms with Crippen molar-refractivity contribution in [3.05, 3.63) is 53.7 Å². The molecular weight excluding hydrogens is 428 g/mol. The largest absolute Gasteiger partial charge is 0.381 e. The standard InChI is InChI=1S/C26H28N6O2/c1-16-11-20-19(5-4-6-21(20)28-24(16)18-12-27-31(3)13-18)25-22-14-30(2)23(33)15-32(22)26(29-25)17-7-9-34-10-8-17/h4-6,11-13,17H,7-10,14-15H2,1-3H3. The van der Waals surface area contributed by atoms with Crippen LogP contribution in [0.3, 0.4) is 0 Å². The van der Waals surface area contributed by atoms with E-state index in [9.17, 15) is 4.79 Å². The van der Waals surface area contributed by atoms with E-state index in [1.54, 1.807) is 9.58 Å². The molecule has 1 aromatic carbocycles. The van der Waals surface area contributed by atoms with E-state index in [1.165, 1.54) is 0 Å². The van der Waals surface area contributed by atoms with E-state index in [0.717, 1.165) is 76.6 Å². The van der Waals surface area contributed by atoms with Gasteiger partial charge in [-0.3, -0.25) is 9.48 Å². The highest BCUT2D eigenvalue weighted by molar-refractivity contribution is 5.96. The molecule has 0 aliphatic carbocycles. The average molecular weight is 457 g/mol. The number of pyridine rings is 1. The van der Waals surface area contributed by atoms with Crippen LogP contribution in [0.2, 0.25) is 0 Å². The van der Waals surface area contributed by atoms with Gasteiger partial charge in [0.1, 0.15) is 12.4 Å². The summed E-state index contributed by atoms with van der Waals surface area (Å²) in [6.07, 6.45) is 5.71. The number of ether oxygens (including phenoxy) is 1. The summed E-state index contributed by atoms with van der Waals surface area (Å²) in [6, 6.07) is 8.43. The topological polar surface area (TPSA) is 78.1 Å². The van der Waals surface area contributed by atoms with Gasteiger partial charge in [-0.15, -0.1) is 0 Å². The van der Waals surface area contributed by atoms with Gasteiger partial charge in [-0.2, -0.15) is 5.10 Å². The maximum Gasteiger partial charge on any atom is 0.242 e. The Hall–Kier alpha value is -3.52. The average Bonchev–Trinajstić information content (AvgIpc) is 3.43. The van der Waals surface area contributed by atoms with Crippen molar-refractivity contribution in [2.24, 2.45) is 7.05 Å². The molecule has 0 unspecified atom stereocenters. The molecule has 8 nitrogen and oxygen atoms in total. The van der Waals surface area contributed by atoms with E-state index in [-0.39, 0.29) is 5.91 Å². The number of fused-ring (bicyclic) bond motifs is 2. The maximum absolute atomic E-state index is 12.6. The third-order valence-corrected chi connectivity index (χ3v) is 7.08. The number of imidazole rings is 1. The molecule has 174 valence electrons. The first-order valence-corrected chi connectivity index (χ1v) is 11.8. The lowest BCUT2D eigenvalue weighted by atomic mass is 9.99. The Kier molecular flexibility index (Phi) is 4.99. The van der Waals surface area contributed by atoms with Gasteiger partial charge in [0, 0.05) is 55.9 Å². The number of rotatable bonds is 3. The first-order valence-electron chi connectivity index (χ1n) is 11.8. The molecule has 2 aliphatic heterocycles. The summed E-state index contributed by atoms with van der Waals surface area (Å²) in [5, 5.41) is 5.39. The van der Waals surface area contributed by atoms with E-state index >= 15 is 0 Å². The second-order valence-corrected chi connectivity index (χ2v) is 9.42. The Morgan fingerprint density at radius 2 is 1.88 bits per heavy atom. The molecular formula is C26H28N6O2. The van der Waals surface area contributed by atoms with Gasteiger partial charge in [0.15, 0.2) is 0 Å². The van der Waals surface area contributed by atoms with Gasteiger partial charge in [-0.1, -0.05) is 12.1 Å². The van der Waals surface area contributed by atoms with Gasteiger partial charge in [0.05, 0.1) is 35.3 Å². The van der Waals surface area contributed by atoms with Crippen molar-refractivity contribution >= 4 is 16.8 Å². The normalized spacial score (nSPS) is 16.9. The minimum absolute atomic E-state index is 0.126. The molecule has 0 atom stereocenters. The van der Waals surface area contributed by atoms with Crippen molar-refractivity contribution in [1.29, 1.82) is 0 Å². The van der Waals surface area contributed by atoms with Crippen molar-refractivity contribution in [2.45, 2.75) is 38.8 Å². The van der Waals surface area contributed by atoms with Crippen LogP contribution in [0.1, 0.15) is 35.8 Å². The molecule has 1 saturated heterocycles. The van der Waals surface area contributed by atoms with Crippen LogP contribution < -0.4 is 0 Å². The highest BCUT2D eigenvalue weighted by Gasteiger charge is 2.31. The molecule has 2 aliphatic rings. The monoisotopic (exact) mass is 456 g/mol. The number of benzene rings is 1. The SMILES string of the molecule is Cc1cc2c(-c3nc(C4CCOCC4)n4c3CN(C)C(=O)C4)cccc2nc1-c1cnn(C)c1. The first-order chi connectivity index (χ1) is 16.5. The van der Waals surface area contributed by atoms with Crippen molar-refractivity contribution < 1.29 is 9.53 Å². The lowest BCUT2D eigenvalue weighted by molar-refractivity contribution is -0.132. The molecule has 6 rings (SSSR count). The van der Waals surface area contributed by atoms with E-state index in [1.807, 2.05) is 32.6 Å². The quantitative estimate of drug-likeness (QED) is 0.470. The number of carbonyl (C=O) groups excluding carboxylic acids is 1. The number of likely N-dealkylation sites (N-methyl/N-ethyl adjacent to an activating group) is 1. The van der Waals surface area contributed by atoms with Gasteiger partial charge in [-0.25, -0.2) is 9.97 Å². The molecule has 0 saturated carbocycles. The zero-order valence-electron chi connectivity index (χ0n) is 19.8. The molecule has 1 fully saturated rings. The third-order valence-electron chi connectivity index (χ3n) is 7.08. The molecule has 8 heteroatoms. The number of hydrogen-bond acceptors (Lipinski definition) is 5. The smallest absolute Gasteiger partial charge is 0.242 e. The fraction of sp³-hybridized carbons (Fsp3) is 0.385.